The fourth-order valence-electron chi connectivity index (χ4n) is 2.65. The van der Waals surface area contributed by atoms with Gasteiger partial charge in [-0.05, 0) is 36.8 Å². The van der Waals surface area contributed by atoms with Crippen LogP contribution in [0, 0.1) is 0 Å². The van der Waals surface area contributed by atoms with Crippen molar-refractivity contribution >= 4 is 22.7 Å². The number of carbonyl (C=O) groups is 1. The molecule has 5 nitrogen and oxygen atoms in total. The third-order valence-electron chi connectivity index (χ3n) is 4.00. The number of anilines is 1. The highest BCUT2D eigenvalue weighted by Gasteiger charge is 2.10. The SMILES string of the molecule is CCCCCC(=O)Nc1cccc(-c2nc3cc(OC)ccc3o2)c1. The highest BCUT2D eigenvalue weighted by atomic mass is 16.5. The van der Waals surface area contributed by atoms with Gasteiger partial charge in [0.15, 0.2) is 5.58 Å². The average Bonchev–Trinajstić information content (AvgIpc) is 3.05. The molecule has 0 unspecified atom stereocenters. The molecule has 0 spiro atoms. The average molecular weight is 338 g/mol. The molecule has 3 aromatic rings. The van der Waals surface area contributed by atoms with Gasteiger partial charge in [-0.25, -0.2) is 4.98 Å². The van der Waals surface area contributed by atoms with Crippen LogP contribution < -0.4 is 10.1 Å². The number of unbranched alkanes of at least 4 members (excludes halogenated alkanes) is 2. The maximum absolute atomic E-state index is 12.0. The van der Waals surface area contributed by atoms with Crippen LogP contribution in [0.1, 0.15) is 32.6 Å². The van der Waals surface area contributed by atoms with Crippen LogP contribution in [0.15, 0.2) is 46.9 Å². The Morgan fingerprint density at radius 2 is 2.08 bits per heavy atom. The van der Waals surface area contributed by atoms with Gasteiger partial charge in [0.2, 0.25) is 11.8 Å². The number of benzene rings is 2. The number of oxazole rings is 1. The summed E-state index contributed by atoms with van der Waals surface area (Å²) < 4.78 is 11.0. The Hall–Kier alpha value is -2.82. The lowest BCUT2D eigenvalue weighted by atomic mass is 10.1. The van der Waals surface area contributed by atoms with Crippen LogP contribution in [0.2, 0.25) is 0 Å². The topological polar surface area (TPSA) is 64.4 Å². The molecule has 0 radical (unpaired) electrons. The van der Waals surface area contributed by atoms with Crippen LogP contribution in [-0.2, 0) is 4.79 Å². The van der Waals surface area contributed by atoms with Gasteiger partial charge in [-0.2, -0.15) is 0 Å². The van der Waals surface area contributed by atoms with E-state index in [1.807, 2.05) is 42.5 Å². The fourth-order valence-corrected chi connectivity index (χ4v) is 2.65. The molecular weight excluding hydrogens is 316 g/mol. The lowest BCUT2D eigenvalue weighted by molar-refractivity contribution is -0.116. The molecule has 0 saturated heterocycles. The third-order valence-corrected chi connectivity index (χ3v) is 4.00. The van der Waals surface area contributed by atoms with Gasteiger partial charge in [-0.1, -0.05) is 25.8 Å². The van der Waals surface area contributed by atoms with E-state index in [0.717, 1.165) is 41.8 Å². The van der Waals surface area contributed by atoms with Gasteiger partial charge < -0.3 is 14.5 Å². The van der Waals surface area contributed by atoms with Gasteiger partial charge in [0.25, 0.3) is 0 Å². The smallest absolute Gasteiger partial charge is 0.227 e. The predicted molar refractivity (Wildman–Crippen MR) is 98.8 cm³/mol. The molecule has 0 bridgehead atoms. The quantitative estimate of drug-likeness (QED) is 0.614. The van der Waals surface area contributed by atoms with E-state index in [2.05, 4.69) is 17.2 Å². The number of hydrogen-bond donors (Lipinski definition) is 1. The Labute approximate surface area is 147 Å². The molecular formula is C20H22N2O3. The molecule has 0 aliphatic rings. The molecule has 1 amide bonds. The van der Waals surface area contributed by atoms with E-state index in [4.69, 9.17) is 9.15 Å². The fraction of sp³-hybridized carbons (Fsp3) is 0.300. The predicted octanol–water partition coefficient (Wildman–Crippen LogP) is 5.02. The standard InChI is InChI=1S/C20H22N2O3/c1-3-4-5-9-19(23)21-15-8-6-7-14(12-15)20-22-17-13-16(24-2)10-11-18(17)25-20/h6-8,10-13H,3-5,9H2,1-2H3,(H,21,23). The molecule has 0 fully saturated rings. The first-order valence-corrected chi connectivity index (χ1v) is 8.54. The summed E-state index contributed by atoms with van der Waals surface area (Å²) in [6, 6.07) is 13.0. The van der Waals surface area contributed by atoms with Crippen LogP contribution in [0.5, 0.6) is 5.75 Å². The van der Waals surface area contributed by atoms with Crippen LogP contribution in [0.25, 0.3) is 22.6 Å². The number of methoxy groups -OCH3 is 1. The molecule has 1 heterocycles. The lowest BCUT2D eigenvalue weighted by Crippen LogP contribution is -2.10. The minimum absolute atomic E-state index is 0.0351. The van der Waals surface area contributed by atoms with Crippen molar-refractivity contribution in [3.05, 3.63) is 42.5 Å². The van der Waals surface area contributed by atoms with Gasteiger partial charge >= 0.3 is 0 Å². The van der Waals surface area contributed by atoms with E-state index in [1.54, 1.807) is 7.11 Å². The molecule has 130 valence electrons. The molecule has 25 heavy (non-hydrogen) atoms. The summed E-state index contributed by atoms with van der Waals surface area (Å²) in [5.74, 6) is 1.29. The summed E-state index contributed by atoms with van der Waals surface area (Å²) in [7, 11) is 1.62. The molecule has 0 aliphatic heterocycles. The van der Waals surface area contributed by atoms with Crippen LogP contribution in [0.3, 0.4) is 0 Å². The number of amides is 1. The van der Waals surface area contributed by atoms with Crippen LogP contribution in [-0.4, -0.2) is 18.0 Å². The number of aromatic nitrogens is 1. The van der Waals surface area contributed by atoms with E-state index in [1.165, 1.54) is 0 Å². The van der Waals surface area contributed by atoms with E-state index in [0.29, 0.717) is 17.9 Å². The number of carbonyl (C=O) groups excluding carboxylic acids is 1. The van der Waals surface area contributed by atoms with E-state index < -0.39 is 0 Å². The first-order valence-electron chi connectivity index (χ1n) is 8.54. The van der Waals surface area contributed by atoms with Crippen molar-refractivity contribution < 1.29 is 13.9 Å². The monoisotopic (exact) mass is 338 g/mol. The lowest BCUT2D eigenvalue weighted by Gasteiger charge is -2.06. The second-order valence-corrected chi connectivity index (χ2v) is 5.94. The van der Waals surface area contributed by atoms with Gasteiger partial charge in [-0.3, -0.25) is 4.79 Å². The zero-order valence-electron chi connectivity index (χ0n) is 14.5. The highest BCUT2D eigenvalue weighted by molar-refractivity contribution is 5.91. The number of hydrogen-bond acceptors (Lipinski definition) is 4. The van der Waals surface area contributed by atoms with Crippen molar-refractivity contribution in [3.8, 4) is 17.2 Å². The van der Waals surface area contributed by atoms with Crippen LogP contribution >= 0.6 is 0 Å². The summed E-state index contributed by atoms with van der Waals surface area (Å²) in [5.41, 5.74) is 3.01. The van der Waals surface area contributed by atoms with Crippen LogP contribution in [0.4, 0.5) is 5.69 Å². The summed E-state index contributed by atoms with van der Waals surface area (Å²) in [4.78, 5) is 16.5. The minimum Gasteiger partial charge on any atom is -0.497 e. The van der Waals surface area contributed by atoms with Crippen molar-refractivity contribution in [2.75, 3.05) is 12.4 Å². The molecule has 0 saturated carbocycles. The Morgan fingerprint density at radius 3 is 2.88 bits per heavy atom. The van der Waals surface area contributed by atoms with Crippen molar-refractivity contribution in [2.45, 2.75) is 32.6 Å². The third kappa shape index (κ3) is 4.18. The summed E-state index contributed by atoms with van der Waals surface area (Å²) >= 11 is 0. The maximum Gasteiger partial charge on any atom is 0.227 e. The van der Waals surface area contributed by atoms with Crippen molar-refractivity contribution in [1.29, 1.82) is 0 Å². The van der Waals surface area contributed by atoms with Gasteiger partial charge in [0, 0.05) is 23.7 Å². The number of ether oxygens (including phenoxy) is 1. The summed E-state index contributed by atoms with van der Waals surface area (Å²) in [6.07, 6.45) is 3.63. The second-order valence-electron chi connectivity index (χ2n) is 5.94. The van der Waals surface area contributed by atoms with Gasteiger partial charge in [0.05, 0.1) is 7.11 Å². The van der Waals surface area contributed by atoms with E-state index in [-0.39, 0.29) is 5.91 Å². The zero-order valence-corrected chi connectivity index (χ0v) is 14.5. The van der Waals surface area contributed by atoms with E-state index in [9.17, 15) is 4.79 Å². The molecule has 3 rings (SSSR count). The number of nitrogens with zero attached hydrogens (tertiary/aromatic N) is 1. The molecule has 1 N–H and O–H groups in total. The van der Waals surface area contributed by atoms with Crippen molar-refractivity contribution in [3.63, 3.8) is 0 Å². The second kappa shape index (κ2) is 7.83. The first kappa shape index (κ1) is 17.0. The Kier molecular flexibility index (Phi) is 5.33. The Balaban J connectivity index is 1.78. The van der Waals surface area contributed by atoms with Gasteiger partial charge in [-0.15, -0.1) is 0 Å². The normalized spacial score (nSPS) is 10.8. The molecule has 0 atom stereocenters. The maximum atomic E-state index is 12.0. The Bertz CT molecular complexity index is 870. The largest absolute Gasteiger partial charge is 0.497 e. The summed E-state index contributed by atoms with van der Waals surface area (Å²) in [5, 5.41) is 2.93. The Morgan fingerprint density at radius 1 is 1.20 bits per heavy atom. The first-order chi connectivity index (χ1) is 12.2. The molecule has 1 aromatic heterocycles. The number of nitrogens with one attached hydrogen (secondary N) is 1. The summed E-state index contributed by atoms with van der Waals surface area (Å²) in [6.45, 7) is 2.12. The number of fused-ring (bicyclic) bond motifs is 1. The molecule has 5 heteroatoms. The molecule has 0 aliphatic carbocycles. The highest BCUT2D eigenvalue weighted by Crippen LogP contribution is 2.28. The van der Waals surface area contributed by atoms with Crippen molar-refractivity contribution in [1.82, 2.24) is 4.98 Å². The minimum atomic E-state index is 0.0351. The molecule has 2 aromatic carbocycles. The van der Waals surface area contributed by atoms with E-state index >= 15 is 0 Å². The number of rotatable bonds is 7. The van der Waals surface area contributed by atoms with Gasteiger partial charge in [0.1, 0.15) is 11.3 Å². The zero-order chi connectivity index (χ0) is 17.6. The van der Waals surface area contributed by atoms with Crippen molar-refractivity contribution in [2.24, 2.45) is 0 Å².